The van der Waals surface area contributed by atoms with Gasteiger partial charge in [0.15, 0.2) is 11.6 Å². The van der Waals surface area contributed by atoms with E-state index < -0.39 is 12.1 Å². The molecule has 312 valence electrons. The highest BCUT2D eigenvalue weighted by Crippen LogP contribution is 2.38. The van der Waals surface area contributed by atoms with E-state index in [0.717, 1.165) is 97.9 Å². The molecule has 2 atom stereocenters. The highest BCUT2D eigenvalue weighted by molar-refractivity contribution is 6.05. The fourth-order valence-electron chi connectivity index (χ4n) is 9.56. The van der Waals surface area contributed by atoms with Crippen molar-refractivity contribution in [3.63, 3.8) is 0 Å². The Bertz CT molecular complexity index is 2450. The number of ether oxygens (including phenoxy) is 1. The third kappa shape index (κ3) is 7.73. The molecule has 14 nitrogen and oxygen atoms in total. The Hall–Kier alpha value is -6.09. The van der Waals surface area contributed by atoms with Crippen LogP contribution in [0.3, 0.4) is 0 Å². The summed E-state index contributed by atoms with van der Waals surface area (Å²) in [7, 11) is 1.85. The van der Waals surface area contributed by atoms with Gasteiger partial charge in [0.25, 0.3) is 5.91 Å². The van der Waals surface area contributed by atoms with Crippen molar-refractivity contribution in [3.8, 4) is 28.3 Å². The number of nitrogens with one attached hydrogen (secondary N) is 1. The number of rotatable bonds is 10. The van der Waals surface area contributed by atoms with Crippen molar-refractivity contribution in [2.45, 2.75) is 77.1 Å². The van der Waals surface area contributed by atoms with Gasteiger partial charge >= 0.3 is 0 Å². The summed E-state index contributed by atoms with van der Waals surface area (Å²) in [6.45, 7) is 9.26. The molecule has 9 rings (SSSR count). The number of imidazole rings is 1. The SMILES string of the molecule is Cc1ncn(C2CCN(CC3CCN(c4ccc5c(c4)CN(C4CCC(=O)NC4=O)C5=O)CC3)CC2)c1-c1cnc(N)c(O[C@H](C)c2cc(F)ccc2-c2ccn(C)n2)c1. The molecule has 0 aliphatic carbocycles. The van der Waals surface area contributed by atoms with Gasteiger partial charge in [0.05, 0.1) is 23.4 Å². The van der Waals surface area contributed by atoms with Crippen LogP contribution in [0.25, 0.3) is 22.5 Å². The van der Waals surface area contributed by atoms with E-state index in [1.807, 2.05) is 57.7 Å². The Morgan fingerprint density at radius 1 is 0.950 bits per heavy atom. The number of pyridine rings is 1. The summed E-state index contributed by atoms with van der Waals surface area (Å²) in [5.74, 6) is 0.125. The number of amides is 3. The molecule has 7 heterocycles. The van der Waals surface area contributed by atoms with Crippen LogP contribution in [0.1, 0.15) is 84.8 Å². The maximum absolute atomic E-state index is 14.5. The average Bonchev–Trinajstić information content (AvgIpc) is 3.95. The lowest BCUT2D eigenvalue weighted by Gasteiger charge is -2.39. The van der Waals surface area contributed by atoms with Crippen LogP contribution >= 0.6 is 0 Å². The molecule has 3 fully saturated rings. The minimum Gasteiger partial charge on any atom is -0.482 e. The van der Waals surface area contributed by atoms with Crippen molar-refractivity contribution < 1.29 is 23.5 Å². The lowest BCUT2D eigenvalue weighted by molar-refractivity contribution is -0.136. The molecule has 0 saturated carbocycles. The van der Waals surface area contributed by atoms with Crippen LogP contribution in [0, 0.1) is 18.7 Å². The molecule has 4 aliphatic rings. The molecule has 0 radical (unpaired) electrons. The van der Waals surface area contributed by atoms with E-state index in [4.69, 9.17) is 15.5 Å². The van der Waals surface area contributed by atoms with Crippen molar-refractivity contribution in [1.82, 2.24) is 39.4 Å². The summed E-state index contributed by atoms with van der Waals surface area (Å²) in [6.07, 6.45) is 9.84. The minimum absolute atomic E-state index is 0.140. The van der Waals surface area contributed by atoms with Crippen molar-refractivity contribution in [2.24, 2.45) is 13.0 Å². The number of aryl methyl sites for hydroxylation is 2. The number of nitrogens with zero attached hydrogens (tertiary/aromatic N) is 8. The van der Waals surface area contributed by atoms with Crippen LogP contribution < -0.4 is 20.7 Å². The van der Waals surface area contributed by atoms with E-state index in [1.54, 1.807) is 21.8 Å². The smallest absolute Gasteiger partial charge is 0.255 e. The van der Waals surface area contributed by atoms with Gasteiger partial charge in [0.1, 0.15) is 18.0 Å². The normalized spacial score (nSPS) is 19.8. The van der Waals surface area contributed by atoms with E-state index in [-0.39, 0.29) is 41.8 Å². The second-order valence-corrected chi connectivity index (χ2v) is 16.8. The molecule has 3 amide bonds. The minimum atomic E-state index is -0.606. The first kappa shape index (κ1) is 39.4. The Morgan fingerprint density at radius 3 is 2.48 bits per heavy atom. The summed E-state index contributed by atoms with van der Waals surface area (Å²) in [6, 6.07) is 14.2. The zero-order chi connectivity index (χ0) is 41.7. The first-order chi connectivity index (χ1) is 29.0. The van der Waals surface area contributed by atoms with Crippen LogP contribution in [0.2, 0.25) is 0 Å². The fourth-order valence-corrected chi connectivity index (χ4v) is 9.56. The molecule has 2 aromatic carbocycles. The second-order valence-electron chi connectivity index (χ2n) is 16.8. The summed E-state index contributed by atoms with van der Waals surface area (Å²) in [5.41, 5.74) is 14.0. The molecular weight excluding hydrogens is 764 g/mol. The lowest BCUT2D eigenvalue weighted by Crippen LogP contribution is -2.52. The number of carbonyl (C=O) groups excluding carboxylic acids is 3. The first-order valence-corrected chi connectivity index (χ1v) is 21.0. The number of anilines is 2. The maximum atomic E-state index is 14.5. The molecule has 0 bridgehead atoms. The van der Waals surface area contributed by atoms with Gasteiger partial charge in [-0.3, -0.25) is 24.4 Å². The quantitative estimate of drug-likeness (QED) is 0.165. The molecule has 60 heavy (non-hydrogen) atoms. The van der Waals surface area contributed by atoms with Crippen LogP contribution in [0.5, 0.6) is 5.75 Å². The number of nitrogen functional groups attached to an aromatic ring is 1. The molecule has 15 heteroatoms. The summed E-state index contributed by atoms with van der Waals surface area (Å²) in [4.78, 5) is 53.2. The Morgan fingerprint density at radius 2 is 1.73 bits per heavy atom. The first-order valence-electron chi connectivity index (χ1n) is 21.0. The number of likely N-dealkylation sites (tertiary alicyclic amines) is 1. The largest absolute Gasteiger partial charge is 0.482 e. The highest BCUT2D eigenvalue weighted by Gasteiger charge is 2.39. The molecule has 4 aliphatic heterocycles. The number of benzene rings is 2. The predicted molar refractivity (Wildman–Crippen MR) is 224 cm³/mol. The summed E-state index contributed by atoms with van der Waals surface area (Å²) >= 11 is 0. The Balaban J connectivity index is 0.800. The highest BCUT2D eigenvalue weighted by atomic mass is 19.1. The van der Waals surface area contributed by atoms with E-state index in [9.17, 15) is 18.8 Å². The number of nitrogens with two attached hydrogens (primary N) is 1. The molecule has 0 spiro atoms. The molecule has 3 aromatic heterocycles. The summed E-state index contributed by atoms with van der Waals surface area (Å²) < 4.78 is 25.0. The van der Waals surface area contributed by atoms with Crippen LogP contribution in [0.15, 0.2) is 67.3 Å². The predicted octanol–water partition coefficient (Wildman–Crippen LogP) is 5.83. The zero-order valence-corrected chi connectivity index (χ0v) is 34.3. The van der Waals surface area contributed by atoms with E-state index in [0.29, 0.717) is 35.8 Å². The van der Waals surface area contributed by atoms with Crippen LogP contribution in [-0.2, 0) is 23.2 Å². The van der Waals surface area contributed by atoms with Crippen molar-refractivity contribution in [2.75, 3.05) is 43.4 Å². The number of hydrogen-bond acceptors (Lipinski definition) is 10. The number of piperidine rings is 3. The Kier molecular flexibility index (Phi) is 10.6. The van der Waals surface area contributed by atoms with Crippen LogP contribution in [-0.4, -0.2) is 90.6 Å². The third-order valence-electron chi connectivity index (χ3n) is 12.8. The topological polar surface area (TPSA) is 157 Å². The van der Waals surface area contributed by atoms with Gasteiger partial charge in [-0.05, 0) is 106 Å². The van der Waals surface area contributed by atoms with Crippen molar-refractivity contribution in [3.05, 3.63) is 95.5 Å². The molecule has 3 N–H and O–H groups in total. The number of fused-ring (bicyclic) bond motifs is 1. The maximum Gasteiger partial charge on any atom is 0.255 e. The number of aromatic nitrogens is 5. The molecule has 3 saturated heterocycles. The number of halogens is 1. The van der Waals surface area contributed by atoms with Gasteiger partial charge in [-0.25, -0.2) is 14.4 Å². The summed E-state index contributed by atoms with van der Waals surface area (Å²) in [5, 5.41) is 6.91. The second kappa shape index (κ2) is 16.2. The van der Waals surface area contributed by atoms with Gasteiger partial charge in [-0.15, -0.1) is 0 Å². The van der Waals surface area contributed by atoms with Gasteiger partial charge in [-0.2, -0.15) is 5.10 Å². The third-order valence-corrected chi connectivity index (χ3v) is 12.8. The number of carbonyl (C=O) groups is 3. The monoisotopic (exact) mass is 814 g/mol. The molecule has 1 unspecified atom stereocenters. The molecule has 5 aromatic rings. The average molecular weight is 815 g/mol. The Labute approximate surface area is 348 Å². The van der Waals surface area contributed by atoms with Gasteiger partial charge < -0.3 is 29.7 Å². The van der Waals surface area contributed by atoms with E-state index in [1.165, 1.54) is 12.1 Å². The fraction of sp³-hybridized carbons (Fsp3) is 0.422. The number of imide groups is 1. The zero-order valence-electron chi connectivity index (χ0n) is 34.3. The van der Waals surface area contributed by atoms with Crippen molar-refractivity contribution >= 4 is 29.2 Å². The standard InChI is InChI=1S/C45H51FN10O4/c1-27-42(30-21-40(43(47)48-23-30)60-28(2)37-22-32(46)4-6-36(37)38-14-15-52(3)51-38)56(26-49-27)33-12-16-53(17-13-33)24-29-10-18-54(19-11-29)34-5-7-35-31(20-34)25-55(45(35)59)39-8-9-41(57)50-44(39)58/h4-7,14-15,20-23,26,28-29,33,39H,8-13,16-19,24-25H2,1-3H3,(H2,47,48)(H,50,57,58)/t28-,39?/m1/s1. The van der Waals surface area contributed by atoms with Gasteiger partial charge in [-0.1, -0.05) is 0 Å². The molecular formula is C45H51FN10O4. The van der Waals surface area contributed by atoms with Crippen LogP contribution in [0.4, 0.5) is 15.9 Å². The lowest BCUT2D eigenvalue weighted by atomic mass is 9.94. The van der Waals surface area contributed by atoms with E-state index in [2.05, 4.69) is 35.8 Å². The van der Waals surface area contributed by atoms with E-state index >= 15 is 0 Å². The number of hydrogen-bond donors (Lipinski definition) is 2. The van der Waals surface area contributed by atoms with Crippen molar-refractivity contribution in [1.29, 1.82) is 0 Å². The van der Waals surface area contributed by atoms with Gasteiger partial charge in [0, 0.05) is 99.1 Å². The van der Waals surface area contributed by atoms with Gasteiger partial charge in [0.2, 0.25) is 11.8 Å².